The van der Waals surface area contributed by atoms with Crippen LogP contribution >= 0.6 is 0 Å². The molecule has 3 heterocycles. The summed E-state index contributed by atoms with van der Waals surface area (Å²) in [5.74, 6) is 0. The molecule has 7 rings (SSSR count). The molecule has 0 fully saturated rings. The molecule has 4 aromatic carbocycles. The SMILES string of the molecule is N/C=C\C=C/Cc1ccc(-c2ccc3c4ccc(-c5ccc(-c6ccccn6)nc5)cc4c4ccccc4c3c2)cn1. The van der Waals surface area contributed by atoms with Gasteiger partial charge in [0.2, 0.25) is 0 Å². The first kappa shape index (κ1) is 25.4. The second kappa shape index (κ2) is 11.1. The molecule has 0 saturated carbocycles. The van der Waals surface area contributed by atoms with Gasteiger partial charge in [0.15, 0.2) is 0 Å². The molecule has 42 heavy (non-hydrogen) atoms. The molecule has 4 nitrogen and oxygen atoms in total. The van der Waals surface area contributed by atoms with Crippen molar-refractivity contribution < 1.29 is 0 Å². The monoisotopic (exact) mass is 540 g/mol. The molecule has 0 aliphatic rings. The Balaban J connectivity index is 1.28. The van der Waals surface area contributed by atoms with Crippen LogP contribution in [0.15, 0.2) is 146 Å². The molecule has 0 radical (unpaired) electrons. The molecule has 200 valence electrons. The van der Waals surface area contributed by atoms with Crippen molar-refractivity contribution in [1.82, 2.24) is 15.0 Å². The maximum Gasteiger partial charge on any atom is 0.0886 e. The molecule has 7 aromatic rings. The number of nitrogens with zero attached hydrogens (tertiary/aromatic N) is 3. The maximum atomic E-state index is 5.40. The predicted octanol–water partition coefficient (Wildman–Crippen LogP) is 8.90. The Bertz CT molecular complexity index is 2070. The van der Waals surface area contributed by atoms with Crippen LogP contribution in [0.1, 0.15) is 5.69 Å². The summed E-state index contributed by atoms with van der Waals surface area (Å²) in [5, 5.41) is 7.44. The molecule has 3 aromatic heterocycles. The normalized spacial score (nSPS) is 11.8. The number of benzene rings is 4. The van der Waals surface area contributed by atoms with Crippen molar-refractivity contribution in [2.24, 2.45) is 5.73 Å². The van der Waals surface area contributed by atoms with E-state index in [-0.39, 0.29) is 0 Å². The van der Waals surface area contributed by atoms with Crippen molar-refractivity contribution in [3.8, 4) is 33.6 Å². The Kier molecular flexibility index (Phi) is 6.71. The van der Waals surface area contributed by atoms with Crippen LogP contribution in [0.5, 0.6) is 0 Å². The lowest BCUT2D eigenvalue weighted by Gasteiger charge is -2.13. The molecule has 0 unspecified atom stereocenters. The smallest absolute Gasteiger partial charge is 0.0886 e. The summed E-state index contributed by atoms with van der Waals surface area (Å²) in [6.45, 7) is 0. The summed E-state index contributed by atoms with van der Waals surface area (Å²) in [5.41, 5.74) is 12.6. The molecule has 0 amide bonds. The zero-order valence-electron chi connectivity index (χ0n) is 23.0. The van der Waals surface area contributed by atoms with Crippen LogP contribution in [0.25, 0.3) is 66.0 Å². The maximum absolute atomic E-state index is 5.40. The van der Waals surface area contributed by atoms with Crippen LogP contribution in [-0.2, 0) is 6.42 Å². The van der Waals surface area contributed by atoms with Gasteiger partial charge in [0.05, 0.1) is 11.4 Å². The van der Waals surface area contributed by atoms with Gasteiger partial charge in [0.1, 0.15) is 0 Å². The highest BCUT2D eigenvalue weighted by molar-refractivity contribution is 6.26. The molecule has 0 aliphatic carbocycles. The molecular weight excluding hydrogens is 512 g/mol. The molecule has 0 bridgehead atoms. The molecule has 4 heteroatoms. The van der Waals surface area contributed by atoms with Crippen molar-refractivity contribution in [3.05, 3.63) is 152 Å². The van der Waals surface area contributed by atoms with E-state index in [1.54, 1.807) is 6.20 Å². The third-order valence-electron chi connectivity index (χ3n) is 7.70. The summed E-state index contributed by atoms with van der Waals surface area (Å²) >= 11 is 0. The summed E-state index contributed by atoms with van der Waals surface area (Å²) in [6.07, 6.45) is 13.8. The van der Waals surface area contributed by atoms with Gasteiger partial charge in [-0.05, 0) is 92.1 Å². The van der Waals surface area contributed by atoms with Crippen LogP contribution < -0.4 is 5.73 Å². The van der Waals surface area contributed by atoms with Gasteiger partial charge >= 0.3 is 0 Å². The fourth-order valence-corrected chi connectivity index (χ4v) is 5.59. The van der Waals surface area contributed by atoms with Crippen molar-refractivity contribution in [2.45, 2.75) is 6.42 Å². The van der Waals surface area contributed by atoms with Gasteiger partial charge in [-0.1, -0.05) is 78.9 Å². The van der Waals surface area contributed by atoms with E-state index in [1.165, 1.54) is 38.5 Å². The third-order valence-corrected chi connectivity index (χ3v) is 7.70. The fraction of sp³-hybridized carbons (Fsp3) is 0.0263. The zero-order chi connectivity index (χ0) is 28.3. The fourth-order valence-electron chi connectivity index (χ4n) is 5.59. The third kappa shape index (κ3) is 4.80. The Labute approximate surface area is 244 Å². The van der Waals surface area contributed by atoms with Crippen LogP contribution in [0.2, 0.25) is 0 Å². The molecule has 2 N–H and O–H groups in total. The first-order valence-corrected chi connectivity index (χ1v) is 14.0. The minimum atomic E-state index is 0.769. The quantitative estimate of drug-likeness (QED) is 0.169. The Hall–Kier alpha value is -5.61. The number of fused-ring (bicyclic) bond motifs is 6. The van der Waals surface area contributed by atoms with E-state index in [4.69, 9.17) is 15.7 Å². The Morgan fingerprint density at radius 3 is 1.67 bits per heavy atom. The van der Waals surface area contributed by atoms with Crippen molar-refractivity contribution in [3.63, 3.8) is 0 Å². The molecule has 0 spiro atoms. The minimum Gasteiger partial charge on any atom is -0.405 e. The number of hydrogen-bond acceptors (Lipinski definition) is 4. The average Bonchev–Trinajstić information content (AvgIpc) is 3.07. The number of aromatic nitrogens is 3. The van der Waals surface area contributed by atoms with E-state index in [1.807, 2.05) is 48.8 Å². The van der Waals surface area contributed by atoms with Crippen LogP contribution in [0.3, 0.4) is 0 Å². The summed E-state index contributed by atoms with van der Waals surface area (Å²) in [6, 6.07) is 36.5. The van der Waals surface area contributed by atoms with E-state index >= 15 is 0 Å². The lowest BCUT2D eigenvalue weighted by molar-refractivity contribution is 1.11. The lowest BCUT2D eigenvalue weighted by Crippen LogP contribution is -1.90. The van der Waals surface area contributed by atoms with Gasteiger partial charge in [0, 0.05) is 41.8 Å². The van der Waals surface area contributed by atoms with Gasteiger partial charge in [-0.3, -0.25) is 15.0 Å². The van der Waals surface area contributed by atoms with Crippen molar-refractivity contribution >= 4 is 32.3 Å². The summed E-state index contributed by atoms with van der Waals surface area (Å²) < 4.78 is 0. The number of rotatable bonds is 6. The summed E-state index contributed by atoms with van der Waals surface area (Å²) in [7, 11) is 0. The van der Waals surface area contributed by atoms with E-state index in [9.17, 15) is 0 Å². The first-order valence-electron chi connectivity index (χ1n) is 14.0. The predicted molar refractivity (Wildman–Crippen MR) is 175 cm³/mol. The molecular formula is C38H28N4. The standard InChI is InChI=1S/C38H28N4/c39-20-6-1-2-8-30-16-12-28(24-41-30)26-13-17-33-34-18-14-27(23-36(34)32-10-4-3-9-31(32)35(33)22-26)29-15-19-38(42-25-29)37-11-5-7-21-40-37/h1-7,9-25H,8,39H2/b2-1-,20-6-. The van der Waals surface area contributed by atoms with E-state index in [2.05, 4.69) is 89.9 Å². The van der Waals surface area contributed by atoms with Gasteiger partial charge in [-0.25, -0.2) is 0 Å². The van der Waals surface area contributed by atoms with Gasteiger partial charge < -0.3 is 5.73 Å². The highest BCUT2D eigenvalue weighted by Gasteiger charge is 2.12. The Morgan fingerprint density at radius 1 is 0.500 bits per heavy atom. The van der Waals surface area contributed by atoms with Crippen molar-refractivity contribution in [1.29, 1.82) is 0 Å². The zero-order valence-corrected chi connectivity index (χ0v) is 23.0. The van der Waals surface area contributed by atoms with Crippen LogP contribution in [0, 0.1) is 0 Å². The highest BCUT2D eigenvalue weighted by atomic mass is 14.8. The van der Waals surface area contributed by atoms with Crippen LogP contribution in [0.4, 0.5) is 0 Å². The highest BCUT2D eigenvalue weighted by Crippen LogP contribution is 2.38. The van der Waals surface area contributed by atoms with Crippen LogP contribution in [-0.4, -0.2) is 15.0 Å². The Morgan fingerprint density at radius 2 is 1.10 bits per heavy atom. The molecule has 0 atom stereocenters. The van der Waals surface area contributed by atoms with E-state index in [0.29, 0.717) is 0 Å². The van der Waals surface area contributed by atoms with Gasteiger partial charge in [-0.15, -0.1) is 0 Å². The van der Waals surface area contributed by atoms with Gasteiger partial charge in [0.25, 0.3) is 0 Å². The van der Waals surface area contributed by atoms with E-state index < -0.39 is 0 Å². The number of hydrogen-bond donors (Lipinski definition) is 1. The second-order valence-electron chi connectivity index (χ2n) is 10.3. The average molecular weight is 541 g/mol. The summed E-state index contributed by atoms with van der Waals surface area (Å²) in [4.78, 5) is 13.8. The van der Waals surface area contributed by atoms with Gasteiger partial charge in [-0.2, -0.15) is 0 Å². The minimum absolute atomic E-state index is 0.769. The molecule has 0 aliphatic heterocycles. The topological polar surface area (TPSA) is 64.7 Å². The molecule has 0 saturated heterocycles. The second-order valence-corrected chi connectivity index (χ2v) is 10.3. The number of allylic oxidation sites excluding steroid dienone is 3. The lowest BCUT2D eigenvalue weighted by atomic mass is 9.90. The number of nitrogens with two attached hydrogens (primary N) is 1. The van der Waals surface area contributed by atoms with Crippen molar-refractivity contribution in [2.75, 3.05) is 0 Å². The first-order chi connectivity index (χ1) is 20.8. The van der Waals surface area contributed by atoms with E-state index in [0.717, 1.165) is 45.8 Å². The largest absolute Gasteiger partial charge is 0.405 e. The number of pyridine rings is 3.